The number of hydrogen-bond donors (Lipinski definition) is 2. The monoisotopic (exact) mass is 415 g/mol. The van der Waals surface area contributed by atoms with E-state index in [0.717, 1.165) is 11.1 Å². The van der Waals surface area contributed by atoms with Gasteiger partial charge in [0.1, 0.15) is 11.8 Å². The van der Waals surface area contributed by atoms with E-state index in [1.807, 2.05) is 26.0 Å². The summed E-state index contributed by atoms with van der Waals surface area (Å²) in [7, 11) is 0. The lowest BCUT2D eigenvalue weighted by molar-refractivity contribution is -0.138. The van der Waals surface area contributed by atoms with E-state index in [2.05, 4.69) is 10.5 Å². The summed E-state index contributed by atoms with van der Waals surface area (Å²) >= 11 is 0. The number of carbonyl (C=O) groups excluding carboxylic acids is 3. The highest BCUT2D eigenvalue weighted by atomic mass is 16.5. The van der Waals surface area contributed by atoms with E-state index in [0.29, 0.717) is 30.8 Å². The SMILES string of the molecule is Cc1cc(CC(=O)N2C[C@H](O)C[C@H]2C(=O)NCC2=CC=C(C(=O)C(C)C)CC2)on1. The molecule has 0 saturated carbocycles. The number of hydrogen-bond acceptors (Lipinski definition) is 6. The maximum Gasteiger partial charge on any atom is 0.243 e. The van der Waals surface area contributed by atoms with Gasteiger partial charge in [-0.3, -0.25) is 14.4 Å². The molecule has 1 aromatic heterocycles. The first-order valence-corrected chi connectivity index (χ1v) is 10.3. The highest BCUT2D eigenvalue weighted by molar-refractivity contribution is 5.97. The van der Waals surface area contributed by atoms with Crippen LogP contribution in [0, 0.1) is 12.8 Å². The van der Waals surface area contributed by atoms with Gasteiger partial charge in [-0.05, 0) is 25.3 Å². The van der Waals surface area contributed by atoms with Crippen molar-refractivity contribution in [3.8, 4) is 0 Å². The molecule has 3 rings (SSSR count). The van der Waals surface area contributed by atoms with Gasteiger partial charge in [0.05, 0.1) is 18.2 Å². The number of likely N-dealkylation sites (tertiary alicyclic amines) is 1. The minimum atomic E-state index is -0.734. The van der Waals surface area contributed by atoms with E-state index in [1.54, 1.807) is 13.0 Å². The molecule has 0 spiro atoms. The van der Waals surface area contributed by atoms with Gasteiger partial charge >= 0.3 is 0 Å². The fourth-order valence-corrected chi connectivity index (χ4v) is 3.81. The zero-order chi connectivity index (χ0) is 21.8. The number of aliphatic hydroxyl groups is 1. The molecule has 2 heterocycles. The third kappa shape index (κ3) is 5.24. The van der Waals surface area contributed by atoms with E-state index in [-0.39, 0.29) is 42.9 Å². The Kier molecular flexibility index (Phi) is 6.87. The fourth-order valence-electron chi connectivity index (χ4n) is 3.81. The normalized spacial score (nSPS) is 21.4. The van der Waals surface area contributed by atoms with Crippen molar-refractivity contribution in [1.82, 2.24) is 15.4 Å². The number of amides is 2. The summed E-state index contributed by atoms with van der Waals surface area (Å²) in [5.41, 5.74) is 2.53. The molecule has 1 fully saturated rings. The van der Waals surface area contributed by atoms with E-state index in [4.69, 9.17) is 4.52 Å². The molecular formula is C22H29N3O5. The van der Waals surface area contributed by atoms with Gasteiger partial charge in [0.25, 0.3) is 0 Å². The number of nitrogens with zero attached hydrogens (tertiary/aromatic N) is 2. The average molecular weight is 415 g/mol. The van der Waals surface area contributed by atoms with Gasteiger partial charge in [0, 0.05) is 31.5 Å². The number of aromatic nitrogens is 1. The zero-order valence-corrected chi connectivity index (χ0v) is 17.7. The molecule has 8 heteroatoms. The number of ketones is 1. The van der Waals surface area contributed by atoms with Crippen LogP contribution in [-0.4, -0.2) is 58.0 Å². The summed E-state index contributed by atoms with van der Waals surface area (Å²) in [4.78, 5) is 38.8. The Balaban J connectivity index is 1.57. The molecule has 30 heavy (non-hydrogen) atoms. The van der Waals surface area contributed by atoms with E-state index >= 15 is 0 Å². The lowest BCUT2D eigenvalue weighted by Gasteiger charge is -2.24. The van der Waals surface area contributed by atoms with Crippen molar-refractivity contribution in [3.05, 3.63) is 40.8 Å². The van der Waals surface area contributed by atoms with Gasteiger partial charge in [0.2, 0.25) is 11.8 Å². The second-order valence-corrected chi connectivity index (χ2v) is 8.32. The van der Waals surface area contributed by atoms with Crippen LogP contribution in [0.3, 0.4) is 0 Å². The Hall–Kier alpha value is -2.74. The van der Waals surface area contributed by atoms with Crippen molar-refractivity contribution in [1.29, 1.82) is 0 Å². The molecule has 0 unspecified atom stereocenters. The predicted molar refractivity (Wildman–Crippen MR) is 109 cm³/mol. The summed E-state index contributed by atoms with van der Waals surface area (Å²) in [5, 5.41) is 16.7. The quantitative estimate of drug-likeness (QED) is 0.697. The van der Waals surface area contributed by atoms with Crippen LogP contribution in [0.2, 0.25) is 0 Å². The van der Waals surface area contributed by atoms with Crippen LogP contribution in [0.5, 0.6) is 0 Å². The topological polar surface area (TPSA) is 113 Å². The molecule has 1 saturated heterocycles. The van der Waals surface area contributed by atoms with Gasteiger partial charge in [-0.15, -0.1) is 0 Å². The van der Waals surface area contributed by atoms with Crippen LogP contribution in [-0.2, 0) is 20.8 Å². The minimum absolute atomic E-state index is 0.0000554. The number of aryl methyl sites for hydroxylation is 1. The standard InChI is InChI=1S/C22H29N3O5/c1-13(2)21(28)16-6-4-15(5-7-16)11-23-22(29)19-9-17(26)12-25(19)20(27)10-18-8-14(3)24-30-18/h4,6,8,13,17,19,26H,5,7,9-12H2,1-3H3,(H,23,29)/t17-,19+/m1/s1. The first-order valence-electron chi connectivity index (χ1n) is 10.3. The molecule has 1 aliphatic carbocycles. The second-order valence-electron chi connectivity index (χ2n) is 8.32. The van der Waals surface area contributed by atoms with Crippen LogP contribution in [0.4, 0.5) is 0 Å². The number of Topliss-reactive ketones (excluding diaryl/α,β-unsaturated/α-hetero) is 1. The van der Waals surface area contributed by atoms with Gasteiger partial charge in [-0.1, -0.05) is 36.7 Å². The molecule has 0 radical (unpaired) electrons. The fraction of sp³-hybridized carbons (Fsp3) is 0.545. The van der Waals surface area contributed by atoms with E-state index in [1.165, 1.54) is 4.90 Å². The van der Waals surface area contributed by atoms with Gasteiger partial charge in [-0.2, -0.15) is 0 Å². The van der Waals surface area contributed by atoms with Crippen molar-refractivity contribution in [2.75, 3.05) is 13.1 Å². The van der Waals surface area contributed by atoms with Gasteiger partial charge < -0.3 is 19.8 Å². The van der Waals surface area contributed by atoms with E-state index < -0.39 is 12.1 Å². The smallest absolute Gasteiger partial charge is 0.243 e. The Bertz CT molecular complexity index is 883. The molecule has 2 N–H and O–H groups in total. The summed E-state index contributed by atoms with van der Waals surface area (Å²) in [6, 6.07) is 0.968. The van der Waals surface area contributed by atoms with E-state index in [9.17, 15) is 19.5 Å². The Morgan fingerprint density at radius 2 is 2.07 bits per heavy atom. The van der Waals surface area contributed by atoms with Gasteiger partial charge in [-0.25, -0.2) is 0 Å². The molecule has 1 aliphatic heterocycles. The number of β-amino-alcohol motifs (C(OH)–C–C–N with tert-alkyl or cyclic N) is 1. The average Bonchev–Trinajstić information content (AvgIpc) is 3.31. The molecular weight excluding hydrogens is 386 g/mol. The summed E-state index contributed by atoms with van der Waals surface area (Å²) < 4.78 is 5.09. The summed E-state index contributed by atoms with van der Waals surface area (Å²) in [6.45, 7) is 6.01. The van der Waals surface area contributed by atoms with Crippen LogP contribution in [0.15, 0.2) is 33.9 Å². The van der Waals surface area contributed by atoms with Crippen molar-refractivity contribution in [2.24, 2.45) is 5.92 Å². The largest absolute Gasteiger partial charge is 0.391 e. The van der Waals surface area contributed by atoms with Crippen molar-refractivity contribution >= 4 is 17.6 Å². The van der Waals surface area contributed by atoms with Crippen LogP contribution >= 0.6 is 0 Å². The maximum absolute atomic E-state index is 12.7. The molecule has 8 nitrogen and oxygen atoms in total. The first kappa shape index (κ1) is 22.0. The molecule has 0 aromatic carbocycles. The zero-order valence-electron chi connectivity index (χ0n) is 17.7. The molecule has 162 valence electrons. The molecule has 0 bridgehead atoms. The molecule has 1 aromatic rings. The number of nitrogens with one attached hydrogen (secondary N) is 1. The third-order valence-corrected chi connectivity index (χ3v) is 5.47. The highest BCUT2D eigenvalue weighted by Gasteiger charge is 2.39. The lowest BCUT2D eigenvalue weighted by Crippen LogP contribution is -2.46. The molecule has 2 atom stereocenters. The van der Waals surface area contributed by atoms with Gasteiger partial charge in [0.15, 0.2) is 5.78 Å². The lowest BCUT2D eigenvalue weighted by atomic mass is 9.91. The number of rotatable bonds is 7. The number of aliphatic hydroxyl groups excluding tert-OH is 1. The first-order chi connectivity index (χ1) is 14.2. The number of carbonyl (C=O) groups is 3. The predicted octanol–water partition coefficient (Wildman–Crippen LogP) is 1.48. The highest BCUT2D eigenvalue weighted by Crippen LogP contribution is 2.22. The Morgan fingerprint density at radius 3 is 2.67 bits per heavy atom. The number of allylic oxidation sites excluding steroid dienone is 3. The summed E-state index contributed by atoms with van der Waals surface area (Å²) in [6.07, 6.45) is 4.58. The molecule has 2 aliphatic rings. The van der Waals surface area contributed by atoms with Crippen LogP contribution < -0.4 is 5.32 Å². The second kappa shape index (κ2) is 9.38. The maximum atomic E-state index is 12.7. The van der Waals surface area contributed by atoms with Crippen molar-refractivity contribution < 1.29 is 24.0 Å². The minimum Gasteiger partial charge on any atom is -0.391 e. The summed E-state index contributed by atoms with van der Waals surface area (Å²) in [5.74, 6) is 0.000471. The van der Waals surface area contributed by atoms with Crippen LogP contribution in [0.25, 0.3) is 0 Å². The van der Waals surface area contributed by atoms with Crippen molar-refractivity contribution in [3.63, 3.8) is 0 Å². The Labute approximate surface area is 176 Å². The molecule has 2 amide bonds. The van der Waals surface area contributed by atoms with Crippen LogP contribution in [0.1, 0.15) is 44.6 Å². The third-order valence-electron chi connectivity index (χ3n) is 5.47. The van der Waals surface area contributed by atoms with Crippen molar-refractivity contribution in [2.45, 2.75) is 58.6 Å². The Morgan fingerprint density at radius 1 is 1.30 bits per heavy atom.